The Morgan fingerprint density at radius 2 is 1.70 bits per heavy atom. The second-order valence-electron chi connectivity index (χ2n) is 2.22. The van der Waals surface area contributed by atoms with Gasteiger partial charge in [-0.2, -0.15) is 0 Å². The van der Waals surface area contributed by atoms with Gasteiger partial charge in [-0.3, -0.25) is 0 Å². The minimum Gasteiger partial charge on any atom is -0.545 e. The molecule has 0 saturated carbocycles. The maximum atomic E-state index is 10.3. The fourth-order valence-corrected chi connectivity index (χ4v) is 0.925. The maximum Gasteiger partial charge on any atom is 0.0671 e. The van der Waals surface area contributed by atoms with Crippen LogP contribution in [0, 0.1) is 0 Å². The van der Waals surface area contributed by atoms with Crippen LogP contribution in [0.25, 0.3) is 0 Å². The number of carboxylic acid groups (broad SMARTS) is 1. The zero-order valence-electron chi connectivity index (χ0n) is 6.73. The molecule has 2 heteroatoms. The van der Waals surface area contributed by atoms with Crippen LogP contribution in [-0.2, 0) is 4.79 Å². The minimum absolute atomic E-state index is 0.394. The van der Waals surface area contributed by atoms with Gasteiger partial charge in [0.25, 0.3) is 0 Å². The Bertz CT molecular complexity index is 151. The summed E-state index contributed by atoms with van der Waals surface area (Å²) < 4.78 is 0. The SMILES string of the molecule is CCC(CC)=C(C)C(=O)[O-]. The van der Waals surface area contributed by atoms with Crippen LogP contribution < -0.4 is 5.11 Å². The van der Waals surface area contributed by atoms with Crippen molar-refractivity contribution in [1.82, 2.24) is 0 Å². The summed E-state index contributed by atoms with van der Waals surface area (Å²) in [4.78, 5) is 10.3. The number of aliphatic carboxylic acids is 1. The van der Waals surface area contributed by atoms with Gasteiger partial charge in [0.2, 0.25) is 0 Å². The largest absolute Gasteiger partial charge is 0.545 e. The summed E-state index contributed by atoms with van der Waals surface area (Å²) in [5.74, 6) is -1.04. The molecule has 0 aliphatic heterocycles. The molecule has 0 fully saturated rings. The Hall–Kier alpha value is -0.790. The summed E-state index contributed by atoms with van der Waals surface area (Å²) in [5, 5.41) is 10.3. The number of carboxylic acids is 1. The van der Waals surface area contributed by atoms with Crippen molar-refractivity contribution in [2.24, 2.45) is 0 Å². The average Bonchev–Trinajstić information content (AvgIpc) is 1.90. The molecule has 10 heavy (non-hydrogen) atoms. The molecular formula is C8H13O2-. The molecule has 0 aliphatic rings. The van der Waals surface area contributed by atoms with Gasteiger partial charge in [-0.05, 0) is 25.3 Å². The summed E-state index contributed by atoms with van der Waals surface area (Å²) in [6.45, 7) is 5.49. The number of hydrogen-bond donors (Lipinski definition) is 0. The van der Waals surface area contributed by atoms with E-state index in [1.807, 2.05) is 13.8 Å². The highest BCUT2D eigenvalue weighted by molar-refractivity contribution is 5.84. The Morgan fingerprint density at radius 3 is 1.80 bits per heavy atom. The first kappa shape index (κ1) is 9.21. The lowest BCUT2D eigenvalue weighted by atomic mass is 10.1. The van der Waals surface area contributed by atoms with E-state index in [1.165, 1.54) is 0 Å². The van der Waals surface area contributed by atoms with Crippen LogP contribution in [0.15, 0.2) is 11.1 Å². The molecule has 0 rings (SSSR count). The first-order valence-electron chi connectivity index (χ1n) is 3.53. The summed E-state index contributed by atoms with van der Waals surface area (Å²) in [6, 6.07) is 0. The van der Waals surface area contributed by atoms with Crippen molar-refractivity contribution in [3.63, 3.8) is 0 Å². The Labute approximate surface area is 61.6 Å². The molecule has 0 atom stereocenters. The van der Waals surface area contributed by atoms with E-state index in [-0.39, 0.29) is 0 Å². The number of rotatable bonds is 3. The molecular weight excluding hydrogens is 128 g/mol. The third-order valence-corrected chi connectivity index (χ3v) is 1.69. The van der Waals surface area contributed by atoms with Gasteiger partial charge in [0.05, 0.1) is 5.97 Å². The van der Waals surface area contributed by atoms with Gasteiger partial charge in [-0.15, -0.1) is 0 Å². The highest BCUT2D eigenvalue weighted by Gasteiger charge is 1.97. The van der Waals surface area contributed by atoms with Gasteiger partial charge in [-0.1, -0.05) is 19.4 Å². The topological polar surface area (TPSA) is 40.1 Å². The van der Waals surface area contributed by atoms with Crippen LogP contribution in [0.4, 0.5) is 0 Å². The van der Waals surface area contributed by atoms with Crippen molar-refractivity contribution in [3.8, 4) is 0 Å². The lowest BCUT2D eigenvalue weighted by molar-refractivity contribution is -0.299. The van der Waals surface area contributed by atoms with Crippen LogP contribution in [0.3, 0.4) is 0 Å². The monoisotopic (exact) mass is 141 g/mol. The summed E-state index contributed by atoms with van der Waals surface area (Å²) in [6.07, 6.45) is 1.60. The minimum atomic E-state index is -1.04. The molecule has 0 saturated heterocycles. The second kappa shape index (κ2) is 4.09. The lowest BCUT2D eigenvalue weighted by Gasteiger charge is -2.08. The van der Waals surface area contributed by atoms with Crippen molar-refractivity contribution in [2.45, 2.75) is 33.6 Å². The van der Waals surface area contributed by atoms with Gasteiger partial charge in [0.1, 0.15) is 0 Å². The molecule has 0 N–H and O–H groups in total. The first-order chi connectivity index (χ1) is 4.63. The number of allylic oxidation sites excluding steroid dienone is 1. The molecule has 0 unspecified atom stereocenters. The van der Waals surface area contributed by atoms with Gasteiger partial charge < -0.3 is 9.90 Å². The Balaban J connectivity index is 4.43. The molecule has 0 bridgehead atoms. The molecule has 0 aromatic rings. The molecule has 2 nitrogen and oxygen atoms in total. The van der Waals surface area contributed by atoms with E-state index in [4.69, 9.17) is 0 Å². The molecule has 0 spiro atoms. The highest BCUT2D eigenvalue weighted by Crippen LogP contribution is 2.10. The predicted octanol–water partition coefficient (Wildman–Crippen LogP) is 0.873. The summed E-state index contributed by atoms with van der Waals surface area (Å²) in [5.41, 5.74) is 1.37. The zero-order chi connectivity index (χ0) is 8.15. The van der Waals surface area contributed by atoms with Crippen molar-refractivity contribution in [1.29, 1.82) is 0 Å². The standard InChI is InChI=1S/C8H14O2/c1-4-7(5-2)6(3)8(9)10/h4-5H2,1-3H3,(H,9,10)/p-1. The van der Waals surface area contributed by atoms with Crippen LogP contribution in [0.2, 0.25) is 0 Å². The average molecular weight is 141 g/mol. The zero-order valence-corrected chi connectivity index (χ0v) is 6.73. The Kier molecular flexibility index (Phi) is 3.77. The molecule has 0 radical (unpaired) electrons. The molecule has 0 aromatic carbocycles. The molecule has 0 aromatic heterocycles. The molecule has 58 valence electrons. The van der Waals surface area contributed by atoms with Crippen LogP contribution in [0.5, 0.6) is 0 Å². The smallest absolute Gasteiger partial charge is 0.0671 e. The third-order valence-electron chi connectivity index (χ3n) is 1.69. The second-order valence-corrected chi connectivity index (χ2v) is 2.22. The third kappa shape index (κ3) is 2.21. The summed E-state index contributed by atoms with van der Waals surface area (Å²) in [7, 11) is 0. The molecule has 0 amide bonds. The van der Waals surface area contributed by atoms with E-state index in [2.05, 4.69) is 0 Å². The first-order valence-corrected chi connectivity index (χ1v) is 3.53. The Morgan fingerprint density at radius 1 is 1.30 bits per heavy atom. The van der Waals surface area contributed by atoms with E-state index >= 15 is 0 Å². The van der Waals surface area contributed by atoms with E-state index in [0.29, 0.717) is 5.57 Å². The fourth-order valence-electron chi connectivity index (χ4n) is 0.925. The van der Waals surface area contributed by atoms with Gasteiger partial charge in [0.15, 0.2) is 0 Å². The predicted molar refractivity (Wildman–Crippen MR) is 38.3 cm³/mol. The van der Waals surface area contributed by atoms with Gasteiger partial charge in [-0.25, -0.2) is 0 Å². The van der Waals surface area contributed by atoms with Crippen molar-refractivity contribution in [3.05, 3.63) is 11.1 Å². The van der Waals surface area contributed by atoms with Crippen molar-refractivity contribution < 1.29 is 9.90 Å². The maximum absolute atomic E-state index is 10.3. The van der Waals surface area contributed by atoms with E-state index in [1.54, 1.807) is 6.92 Å². The molecule has 0 aliphatic carbocycles. The van der Waals surface area contributed by atoms with Gasteiger partial charge in [0, 0.05) is 0 Å². The van der Waals surface area contributed by atoms with Crippen LogP contribution in [0.1, 0.15) is 33.6 Å². The summed E-state index contributed by atoms with van der Waals surface area (Å²) >= 11 is 0. The van der Waals surface area contributed by atoms with E-state index < -0.39 is 5.97 Å². The van der Waals surface area contributed by atoms with Gasteiger partial charge >= 0.3 is 0 Å². The number of carbonyl (C=O) groups is 1. The lowest BCUT2D eigenvalue weighted by Crippen LogP contribution is -2.24. The normalized spacial score (nSPS) is 9.10. The van der Waals surface area contributed by atoms with Crippen molar-refractivity contribution >= 4 is 5.97 Å². The number of carbonyl (C=O) groups excluding carboxylic acids is 1. The van der Waals surface area contributed by atoms with E-state index in [9.17, 15) is 9.90 Å². The number of hydrogen-bond acceptors (Lipinski definition) is 2. The fraction of sp³-hybridized carbons (Fsp3) is 0.625. The highest BCUT2D eigenvalue weighted by atomic mass is 16.4. The molecule has 0 heterocycles. The van der Waals surface area contributed by atoms with Crippen LogP contribution in [-0.4, -0.2) is 5.97 Å². The van der Waals surface area contributed by atoms with Crippen molar-refractivity contribution in [2.75, 3.05) is 0 Å². The van der Waals surface area contributed by atoms with E-state index in [0.717, 1.165) is 18.4 Å². The quantitative estimate of drug-likeness (QED) is 0.547. The van der Waals surface area contributed by atoms with Crippen LogP contribution >= 0.6 is 0 Å².